The Morgan fingerprint density at radius 2 is 2.21 bits per heavy atom. The number of rotatable bonds is 5. The maximum Gasteiger partial charge on any atom is 0.0372 e. The number of aryl methyl sites for hydroxylation is 2. The van der Waals surface area contributed by atoms with Crippen LogP contribution in [0.25, 0.3) is 0 Å². The maximum absolute atomic E-state index is 4.29. The number of nitrogens with one attached hydrogen (secondary N) is 1. The van der Waals surface area contributed by atoms with Crippen LogP contribution in [-0.4, -0.2) is 18.1 Å². The summed E-state index contributed by atoms with van der Waals surface area (Å²) in [4.78, 5) is 4.29. The van der Waals surface area contributed by atoms with Gasteiger partial charge in [-0.15, -0.1) is 0 Å². The van der Waals surface area contributed by atoms with Gasteiger partial charge in [-0.05, 0) is 44.9 Å². The molecule has 1 atom stereocenters. The van der Waals surface area contributed by atoms with Crippen LogP contribution < -0.4 is 5.32 Å². The lowest BCUT2D eigenvalue weighted by atomic mass is 10.1. The standard InChI is InChI=1S/C12H20N2/c1-4-12(13-3)8-7-11-6-5-10(2)14-9-11/h5-6,9,12-13H,4,7-8H2,1-3H3. The van der Waals surface area contributed by atoms with Gasteiger partial charge in [-0.2, -0.15) is 0 Å². The average molecular weight is 192 g/mol. The molecule has 1 rings (SSSR count). The maximum atomic E-state index is 4.29. The van der Waals surface area contributed by atoms with Crippen molar-refractivity contribution in [3.63, 3.8) is 0 Å². The summed E-state index contributed by atoms with van der Waals surface area (Å²) in [6.07, 6.45) is 5.48. The lowest BCUT2D eigenvalue weighted by Gasteiger charge is -2.12. The van der Waals surface area contributed by atoms with E-state index < -0.39 is 0 Å². The Morgan fingerprint density at radius 3 is 2.71 bits per heavy atom. The van der Waals surface area contributed by atoms with Crippen molar-refractivity contribution in [2.45, 2.75) is 39.2 Å². The Balaban J connectivity index is 2.41. The van der Waals surface area contributed by atoms with Crippen LogP contribution in [0.3, 0.4) is 0 Å². The summed E-state index contributed by atoms with van der Waals surface area (Å²) in [6, 6.07) is 4.89. The van der Waals surface area contributed by atoms with Crippen molar-refractivity contribution in [1.82, 2.24) is 10.3 Å². The molecular formula is C12H20N2. The first-order chi connectivity index (χ1) is 6.76. The third-order valence-electron chi connectivity index (χ3n) is 2.66. The second-order valence-corrected chi connectivity index (χ2v) is 3.74. The molecule has 1 heterocycles. The molecule has 2 heteroatoms. The minimum atomic E-state index is 0.635. The number of hydrogen-bond donors (Lipinski definition) is 1. The minimum absolute atomic E-state index is 0.635. The van der Waals surface area contributed by atoms with E-state index in [9.17, 15) is 0 Å². The molecule has 0 aliphatic carbocycles. The third kappa shape index (κ3) is 3.46. The minimum Gasteiger partial charge on any atom is -0.317 e. The molecular weight excluding hydrogens is 172 g/mol. The second kappa shape index (κ2) is 5.76. The summed E-state index contributed by atoms with van der Waals surface area (Å²) in [5.41, 5.74) is 2.43. The quantitative estimate of drug-likeness (QED) is 0.774. The molecule has 0 radical (unpaired) electrons. The summed E-state index contributed by atoms with van der Waals surface area (Å²) in [5.74, 6) is 0. The van der Waals surface area contributed by atoms with Gasteiger partial charge in [0.05, 0.1) is 0 Å². The molecule has 0 aliphatic rings. The van der Waals surface area contributed by atoms with Crippen molar-refractivity contribution in [2.75, 3.05) is 7.05 Å². The predicted octanol–water partition coefficient (Wildman–Crippen LogP) is 2.32. The third-order valence-corrected chi connectivity index (χ3v) is 2.66. The van der Waals surface area contributed by atoms with Gasteiger partial charge in [0, 0.05) is 17.9 Å². The van der Waals surface area contributed by atoms with Crippen LogP contribution in [0.4, 0.5) is 0 Å². The largest absolute Gasteiger partial charge is 0.317 e. The molecule has 0 spiro atoms. The molecule has 0 bridgehead atoms. The van der Waals surface area contributed by atoms with Crippen molar-refractivity contribution in [3.8, 4) is 0 Å². The molecule has 1 aromatic heterocycles. The first-order valence-corrected chi connectivity index (χ1v) is 5.35. The lowest BCUT2D eigenvalue weighted by Crippen LogP contribution is -2.24. The highest BCUT2D eigenvalue weighted by Crippen LogP contribution is 2.06. The second-order valence-electron chi connectivity index (χ2n) is 3.74. The molecule has 0 saturated heterocycles. The van der Waals surface area contributed by atoms with E-state index in [2.05, 4.69) is 29.4 Å². The SMILES string of the molecule is CCC(CCc1ccc(C)nc1)NC. The topological polar surface area (TPSA) is 24.9 Å². The summed E-state index contributed by atoms with van der Waals surface area (Å²) in [7, 11) is 2.03. The van der Waals surface area contributed by atoms with Gasteiger partial charge < -0.3 is 5.32 Å². The smallest absolute Gasteiger partial charge is 0.0372 e. The van der Waals surface area contributed by atoms with Gasteiger partial charge in [0.25, 0.3) is 0 Å². The van der Waals surface area contributed by atoms with Crippen LogP contribution in [0.2, 0.25) is 0 Å². The number of aromatic nitrogens is 1. The summed E-state index contributed by atoms with van der Waals surface area (Å²) < 4.78 is 0. The van der Waals surface area contributed by atoms with E-state index in [1.54, 1.807) is 0 Å². The molecule has 2 nitrogen and oxygen atoms in total. The monoisotopic (exact) mass is 192 g/mol. The Kier molecular flexibility index (Phi) is 4.60. The summed E-state index contributed by atoms with van der Waals surface area (Å²) in [6.45, 7) is 4.24. The average Bonchev–Trinajstić information content (AvgIpc) is 2.22. The lowest BCUT2D eigenvalue weighted by molar-refractivity contribution is 0.508. The Hall–Kier alpha value is -0.890. The summed E-state index contributed by atoms with van der Waals surface area (Å²) >= 11 is 0. The van der Waals surface area contributed by atoms with Crippen molar-refractivity contribution in [2.24, 2.45) is 0 Å². The van der Waals surface area contributed by atoms with Crippen LogP contribution in [-0.2, 0) is 6.42 Å². The highest BCUT2D eigenvalue weighted by atomic mass is 14.9. The summed E-state index contributed by atoms with van der Waals surface area (Å²) in [5, 5.41) is 3.31. The van der Waals surface area contributed by atoms with Gasteiger partial charge in [-0.1, -0.05) is 13.0 Å². The van der Waals surface area contributed by atoms with E-state index >= 15 is 0 Å². The zero-order valence-corrected chi connectivity index (χ0v) is 9.38. The zero-order valence-electron chi connectivity index (χ0n) is 9.38. The Labute approximate surface area is 86.8 Å². The molecule has 0 saturated carbocycles. The van der Waals surface area contributed by atoms with E-state index in [1.165, 1.54) is 18.4 Å². The molecule has 0 fully saturated rings. The number of pyridine rings is 1. The molecule has 0 amide bonds. The van der Waals surface area contributed by atoms with Gasteiger partial charge >= 0.3 is 0 Å². The van der Waals surface area contributed by atoms with Crippen LogP contribution in [0.1, 0.15) is 31.0 Å². The van der Waals surface area contributed by atoms with Crippen molar-refractivity contribution < 1.29 is 0 Å². The highest BCUT2D eigenvalue weighted by molar-refractivity contribution is 5.13. The Bertz CT molecular complexity index is 250. The number of hydrogen-bond acceptors (Lipinski definition) is 2. The molecule has 1 unspecified atom stereocenters. The van der Waals surface area contributed by atoms with Crippen LogP contribution in [0.5, 0.6) is 0 Å². The zero-order chi connectivity index (χ0) is 10.4. The van der Waals surface area contributed by atoms with Crippen LogP contribution >= 0.6 is 0 Å². The van der Waals surface area contributed by atoms with E-state index in [1.807, 2.05) is 20.2 Å². The van der Waals surface area contributed by atoms with Crippen LogP contribution in [0.15, 0.2) is 18.3 Å². The Morgan fingerprint density at radius 1 is 1.43 bits per heavy atom. The van der Waals surface area contributed by atoms with E-state index in [0.717, 1.165) is 12.1 Å². The van der Waals surface area contributed by atoms with Gasteiger partial charge in [0.1, 0.15) is 0 Å². The molecule has 1 aromatic rings. The number of nitrogens with zero attached hydrogens (tertiary/aromatic N) is 1. The first kappa shape index (κ1) is 11.2. The van der Waals surface area contributed by atoms with Gasteiger partial charge in [-0.3, -0.25) is 4.98 Å². The van der Waals surface area contributed by atoms with Gasteiger partial charge in [-0.25, -0.2) is 0 Å². The molecule has 14 heavy (non-hydrogen) atoms. The van der Waals surface area contributed by atoms with Crippen LogP contribution in [0, 0.1) is 6.92 Å². The van der Waals surface area contributed by atoms with Crippen molar-refractivity contribution >= 4 is 0 Å². The molecule has 0 aliphatic heterocycles. The van der Waals surface area contributed by atoms with Crippen molar-refractivity contribution in [1.29, 1.82) is 0 Å². The molecule has 78 valence electrons. The normalized spacial score (nSPS) is 12.8. The van der Waals surface area contributed by atoms with Crippen molar-refractivity contribution in [3.05, 3.63) is 29.6 Å². The molecule has 1 N–H and O–H groups in total. The van der Waals surface area contributed by atoms with E-state index in [0.29, 0.717) is 6.04 Å². The predicted molar refractivity (Wildman–Crippen MR) is 60.4 cm³/mol. The fourth-order valence-corrected chi connectivity index (χ4v) is 1.54. The fraction of sp³-hybridized carbons (Fsp3) is 0.583. The highest BCUT2D eigenvalue weighted by Gasteiger charge is 2.02. The fourth-order valence-electron chi connectivity index (χ4n) is 1.54. The first-order valence-electron chi connectivity index (χ1n) is 5.35. The van der Waals surface area contributed by atoms with E-state index in [4.69, 9.17) is 0 Å². The van der Waals surface area contributed by atoms with Gasteiger partial charge in [0.2, 0.25) is 0 Å². The molecule has 0 aromatic carbocycles. The van der Waals surface area contributed by atoms with E-state index in [-0.39, 0.29) is 0 Å². The van der Waals surface area contributed by atoms with Gasteiger partial charge in [0.15, 0.2) is 0 Å².